The second-order valence-electron chi connectivity index (χ2n) is 5.48. The van der Waals surface area contributed by atoms with Gasteiger partial charge in [-0.3, -0.25) is 4.79 Å². The maximum Gasteiger partial charge on any atom is 0.254 e. The first kappa shape index (κ1) is 13.6. The molecule has 1 saturated heterocycles. The summed E-state index contributed by atoms with van der Waals surface area (Å²) < 4.78 is 0. The molecule has 0 spiro atoms. The monoisotopic (exact) mass is 290 g/mol. The Morgan fingerprint density at radius 1 is 1.50 bits per heavy atom. The Hall–Kier alpha value is -1.35. The lowest BCUT2D eigenvalue weighted by Gasteiger charge is -2.17. The molecular formula is C15H18N2O2S. The summed E-state index contributed by atoms with van der Waals surface area (Å²) in [6.45, 7) is 1.79. The van der Waals surface area contributed by atoms with Crippen LogP contribution in [-0.2, 0) is 0 Å². The summed E-state index contributed by atoms with van der Waals surface area (Å²) in [5.41, 5.74) is 6.04. The topological polar surface area (TPSA) is 66.6 Å². The van der Waals surface area contributed by atoms with Gasteiger partial charge >= 0.3 is 0 Å². The molecule has 0 aromatic carbocycles. The molecule has 3 atom stereocenters. The highest BCUT2D eigenvalue weighted by molar-refractivity contribution is 7.10. The van der Waals surface area contributed by atoms with Crippen LogP contribution in [0.1, 0.15) is 28.1 Å². The average Bonchev–Trinajstić information content (AvgIpc) is 3.13. The van der Waals surface area contributed by atoms with E-state index >= 15 is 0 Å². The molecule has 2 heterocycles. The van der Waals surface area contributed by atoms with Crippen LogP contribution in [0.15, 0.2) is 11.4 Å². The summed E-state index contributed by atoms with van der Waals surface area (Å²) in [6.07, 6.45) is 1.69. The van der Waals surface area contributed by atoms with Gasteiger partial charge in [0.1, 0.15) is 0 Å². The molecule has 106 valence electrons. The molecule has 1 aromatic rings. The van der Waals surface area contributed by atoms with Gasteiger partial charge in [0.25, 0.3) is 5.91 Å². The van der Waals surface area contributed by atoms with E-state index in [1.807, 2.05) is 16.3 Å². The Labute approximate surface area is 122 Å². The Morgan fingerprint density at radius 3 is 3.10 bits per heavy atom. The van der Waals surface area contributed by atoms with Crippen molar-refractivity contribution in [3.8, 4) is 11.8 Å². The number of thiophene rings is 1. The molecule has 3 unspecified atom stereocenters. The van der Waals surface area contributed by atoms with Crippen molar-refractivity contribution in [3.63, 3.8) is 0 Å². The van der Waals surface area contributed by atoms with E-state index in [4.69, 9.17) is 5.73 Å². The summed E-state index contributed by atoms with van der Waals surface area (Å²) >= 11 is 1.47. The number of aliphatic hydroxyl groups is 1. The standard InChI is InChI=1S/C15H18N2O2S/c16-5-1-2-12-6-11(9-20-12)15(19)17-7-10-3-4-14(18)13(10)8-17/h6,9-10,13-14,18H,3-5,7-8,16H2. The van der Waals surface area contributed by atoms with Gasteiger partial charge in [0.2, 0.25) is 0 Å². The van der Waals surface area contributed by atoms with Crippen LogP contribution in [0.4, 0.5) is 0 Å². The SMILES string of the molecule is NCC#Cc1cc(C(=O)N2CC3CCC(O)C3C2)cs1. The zero-order chi connectivity index (χ0) is 14.1. The quantitative estimate of drug-likeness (QED) is 0.755. The molecule has 2 fully saturated rings. The molecule has 3 rings (SSSR count). The van der Waals surface area contributed by atoms with Crippen molar-refractivity contribution in [3.05, 3.63) is 21.9 Å². The predicted molar refractivity (Wildman–Crippen MR) is 78.4 cm³/mol. The molecule has 1 aliphatic heterocycles. The number of carbonyl (C=O) groups is 1. The van der Waals surface area contributed by atoms with Crippen molar-refractivity contribution in [1.29, 1.82) is 0 Å². The van der Waals surface area contributed by atoms with Gasteiger partial charge in [-0.15, -0.1) is 11.3 Å². The van der Waals surface area contributed by atoms with Gasteiger partial charge < -0.3 is 15.7 Å². The van der Waals surface area contributed by atoms with Crippen LogP contribution in [0.2, 0.25) is 0 Å². The normalized spacial score (nSPS) is 28.1. The Balaban J connectivity index is 1.69. The van der Waals surface area contributed by atoms with Crippen molar-refractivity contribution in [2.24, 2.45) is 17.6 Å². The van der Waals surface area contributed by atoms with E-state index in [9.17, 15) is 9.90 Å². The van der Waals surface area contributed by atoms with Crippen LogP contribution >= 0.6 is 11.3 Å². The van der Waals surface area contributed by atoms with E-state index in [1.165, 1.54) is 11.3 Å². The number of aliphatic hydroxyl groups excluding tert-OH is 1. The number of rotatable bonds is 1. The van der Waals surface area contributed by atoms with Gasteiger partial charge in [-0.2, -0.15) is 0 Å². The zero-order valence-electron chi connectivity index (χ0n) is 11.2. The Morgan fingerprint density at radius 2 is 2.35 bits per heavy atom. The van der Waals surface area contributed by atoms with Crippen LogP contribution in [0.3, 0.4) is 0 Å². The molecular weight excluding hydrogens is 272 g/mol. The fraction of sp³-hybridized carbons (Fsp3) is 0.533. The maximum absolute atomic E-state index is 12.4. The molecule has 1 saturated carbocycles. The highest BCUT2D eigenvalue weighted by Crippen LogP contribution is 2.38. The number of amides is 1. The van der Waals surface area contributed by atoms with Gasteiger partial charge in [0.05, 0.1) is 23.1 Å². The number of hydrogen-bond acceptors (Lipinski definition) is 4. The van der Waals surface area contributed by atoms with Crippen molar-refractivity contribution in [2.45, 2.75) is 18.9 Å². The summed E-state index contributed by atoms with van der Waals surface area (Å²) in [7, 11) is 0. The van der Waals surface area contributed by atoms with E-state index in [-0.39, 0.29) is 17.9 Å². The van der Waals surface area contributed by atoms with E-state index in [0.29, 0.717) is 24.6 Å². The number of likely N-dealkylation sites (tertiary alicyclic amines) is 1. The lowest BCUT2D eigenvalue weighted by atomic mass is 10.00. The largest absolute Gasteiger partial charge is 0.393 e. The fourth-order valence-corrected chi connectivity index (χ4v) is 3.99. The molecule has 0 radical (unpaired) electrons. The second-order valence-corrected chi connectivity index (χ2v) is 6.40. The van der Waals surface area contributed by atoms with Gasteiger partial charge in [-0.05, 0) is 24.8 Å². The minimum Gasteiger partial charge on any atom is -0.393 e. The third-order valence-corrected chi connectivity index (χ3v) is 5.11. The van der Waals surface area contributed by atoms with Gasteiger partial charge in [-0.25, -0.2) is 0 Å². The van der Waals surface area contributed by atoms with Crippen LogP contribution in [0.5, 0.6) is 0 Å². The van der Waals surface area contributed by atoms with Crippen LogP contribution in [0.25, 0.3) is 0 Å². The lowest BCUT2D eigenvalue weighted by molar-refractivity contribution is 0.0753. The number of carbonyl (C=O) groups excluding carboxylic acids is 1. The van der Waals surface area contributed by atoms with Gasteiger partial charge in [0, 0.05) is 24.4 Å². The maximum atomic E-state index is 12.4. The Kier molecular flexibility index (Phi) is 3.79. The summed E-state index contributed by atoms with van der Waals surface area (Å²) in [6, 6.07) is 1.83. The van der Waals surface area contributed by atoms with Gasteiger partial charge in [-0.1, -0.05) is 11.8 Å². The zero-order valence-corrected chi connectivity index (χ0v) is 12.0. The van der Waals surface area contributed by atoms with Gasteiger partial charge in [0.15, 0.2) is 0 Å². The Bertz CT molecular complexity index is 572. The molecule has 1 aliphatic carbocycles. The van der Waals surface area contributed by atoms with E-state index < -0.39 is 0 Å². The molecule has 1 amide bonds. The van der Waals surface area contributed by atoms with E-state index in [1.54, 1.807) is 0 Å². The number of nitrogens with zero attached hydrogens (tertiary/aromatic N) is 1. The van der Waals surface area contributed by atoms with Crippen LogP contribution < -0.4 is 5.73 Å². The molecule has 5 heteroatoms. The minimum atomic E-state index is -0.230. The van der Waals surface area contributed by atoms with Crippen molar-refractivity contribution in [2.75, 3.05) is 19.6 Å². The average molecular weight is 290 g/mol. The second kappa shape index (κ2) is 5.57. The third kappa shape index (κ3) is 2.47. The third-order valence-electron chi connectivity index (χ3n) is 4.27. The summed E-state index contributed by atoms with van der Waals surface area (Å²) in [5, 5.41) is 11.8. The first-order valence-electron chi connectivity index (χ1n) is 6.94. The van der Waals surface area contributed by atoms with E-state index in [2.05, 4.69) is 11.8 Å². The number of hydrogen-bond donors (Lipinski definition) is 2. The van der Waals surface area contributed by atoms with Crippen LogP contribution in [-0.4, -0.2) is 41.7 Å². The number of nitrogens with two attached hydrogens (primary N) is 1. The highest BCUT2D eigenvalue weighted by Gasteiger charge is 2.43. The molecule has 20 heavy (non-hydrogen) atoms. The summed E-state index contributed by atoms with van der Waals surface area (Å²) in [4.78, 5) is 15.2. The molecule has 3 N–H and O–H groups in total. The number of fused-ring (bicyclic) bond motifs is 1. The molecule has 2 aliphatic rings. The summed E-state index contributed by atoms with van der Waals surface area (Å²) in [5.74, 6) is 6.55. The van der Waals surface area contributed by atoms with Crippen molar-refractivity contribution in [1.82, 2.24) is 4.90 Å². The molecule has 4 nitrogen and oxygen atoms in total. The predicted octanol–water partition coefficient (Wildman–Crippen LogP) is 0.901. The molecule has 0 bridgehead atoms. The molecule has 1 aromatic heterocycles. The van der Waals surface area contributed by atoms with Crippen molar-refractivity contribution < 1.29 is 9.90 Å². The first-order chi connectivity index (χ1) is 9.69. The van der Waals surface area contributed by atoms with E-state index in [0.717, 1.165) is 24.3 Å². The fourth-order valence-electron chi connectivity index (χ4n) is 3.24. The lowest BCUT2D eigenvalue weighted by Crippen LogP contribution is -2.30. The first-order valence-corrected chi connectivity index (χ1v) is 7.82. The van der Waals surface area contributed by atoms with Crippen LogP contribution in [0, 0.1) is 23.7 Å². The highest BCUT2D eigenvalue weighted by atomic mass is 32.1. The minimum absolute atomic E-state index is 0.0589. The smallest absolute Gasteiger partial charge is 0.254 e. The van der Waals surface area contributed by atoms with Crippen molar-refractivity contribution >= 4 is 17.2 Å².